The predicted octanol–water partition coefficient (Wildman–Crippen LogP) is -0.138. The fourth-order valence-corrected chi connectivity index (χ4v) is 2.96. The zero-order chi connectivity index (χ0) is 16.8. The van der Waals surface area contributed by atoms with Crippen LogP contribution in [0.5, 0.6) is 0 Å². The van der Waals surface area contributed by atoms with Crippen molar-refractivity contribution in [1.29, 1.82) is 0 Å². The Morgan fingerprint density at radius 1 is 1.48 bits per heavy atom. The number of pyridine rings is 1. The summed E-state index contributed by atoms with van der Waals surface area (Å²) in [4.78, 5) is 31.3. The van der Waals surface area contributed by atoms with Gasteiger partial charge in [-0.15, -0.1) is 0 Å². The van der Waals surface area contributed by atoms with Gasteiger partial charge < -0.3 is 15.4 Å². The van der Waals surface area contributed by atoms with E-state index in [1.165, 1.54) is 0 Å². The van der Waals surface area contributed by atoms with E-state index in [0.717, 1.165) is 5.56 Å². The molecule has 126 valence electrons. The molecule has 2 heterocycles. The summed E-state index contributed by atoms with van der Waals surface area (Å²) in [5, 5.41) is 0. The van der Waals surface area contributed by atoms with Crippen LogP contribution in [-0.2, 0) is 20.9 Å². The number of amides is 2. The number of nitrogens with zero attached hydrogens (tertiary/aromatic N) is 3. The maximum atomic E-state index is 12.4. The van der Waals surface area contributed by atoms with Crippen molar-refractivity contribution in [2.24, 2.45) is 11.7 Å². The van der Waals surface area contributed by atoms with Gasteiger partial charge in [0.1, 0.15) is 0 Å². The molecule has 0 radical (unpaired) electrons. The summed E-state index contributed by atoms with van der Waals surface area (Å²) < 4.78 is 5.38. The lowest BCUT2D eigenvalue weighted by Gasteiger charge is -2.21. The highest BCUT2D eigenvalue weighted by Gasteiger charge is 2.36. The highest BCUT2D eigenvalue weighted by atomic mass is 16.5. The second-order valence-electron chi connectivity index (χ2n) is 6.04. The highest BCUT2D eigenvalue weighted by molar-refractivity contribution is 5.79. The van der Waals surface area contributed by atoms with Crippen molar-refractivity contribution in [3.8, 4) is 0 Å². The van der Waals surface area contributed by atoms with Crippen LogP contribution in [0.3, 0.4) is 0 Å². The van der Waals surface area contributed by atoms with Gasteiger partial charge in [0.2, 0.25) is 11.8 Å². The Balaban J connectivity index is 1.86. The maximum absolute atomic E-state index is 12.4. The van der Waals surface area contributed by atoms with Crippen LogP contribution in [0.15, 0.2) is 24.5 Å². The van der Waals surface area contributed by atoms with Crippen LogP contribution in [-0.4, -0.2) is 66.5 Å². The zero-order valence-electron chi connectivity index (χ0n) is 13.6. The van der Waals surface area contributed by atoms with Crippen molar-refractivity contribution < 1.29 is 14.3 Å². The van der Waals surface area contributed by atoms with Crippen LogP contribution in [0.2, 0.25) is 0 Å². The molecule has 1 aliphatic heterocycles. The molecule has 2 amide bonds. The van der Waals surface area contributed by atoms with Crippen molar-refractivity contribution >= 4 is 11.8 Å². The molecule has 0 aliphatic carbocycles. The highest BCUT2D eigenvalue weighted by Crippen LogP contribution is 2.22. The van der Waals surface area contributed by atoms with E-state index in [-0.39, 0.29) is 30.3 Å². The predicted molar refractivity (Wildman–Crippen MR) is 85.2 cm³/mol. The van der Waals surface area contributed by atoms with Gasteiger partial charge in [0.15, 0.2) is 0 Å². The zero-order valence-corrected chi connectivity index (χ0v) is 13.6. The minimum atomic E-state index is -0.361. The molecule has 23 heavy (non-hydrogen) atoms. The number of likely N-dealkylation sites (tertiary alicyclic amines) is 1. The smallest absolute Gasteiger partial charge is 0.236 e. The van der Waals surface area contributed by atoms with Gasteiger partial charge in [-0.25, -0.2) is 0 Å². The third-order valence-corrected chi connectivity index (χ3v) is 4.08. The van der Waals surface area contributed by atoms with Gasteiger partial charge in [0, 0.05) is 51.5 Å². The number of carbonyl (C=O) groups excluding carboxylic acids is 2. The standard InChI is InChI=1S/C16H24N4O3/c1-19(8-12-4-3-5-18-7-12)11-16(22)20-9-13(6-15(17)21)14(10-20)23-2/h3-5,7,13-14H,6,8-11H2,1-2H3,(H2,17,21)/t13-,14-/m0/s1. The second-order valence-corrected chi connectivity index (χ2v) is 6.04. The van der Waals surface area contributed by atoms with E-state index in [2.05, 4.69) is 4.98 Å². The summed E-state index contributed by atoms with van der Waals surface area (Å²) in [5.74, 6) is -0.351. The molecule has 0 bridgehead atoms. The third-order valence-electron chi connectivity index (χ3n) is 4.08. The SMILES string of the molecule is CO[C@H]1CN(C(=O)CN(C)Cc2cccnc2)C[C@@H]1CC(N)=O. The van der Waals surface area contributed by atoms with Gasteiger partial charge in [-0.3, -0.25) is 19.5 Å². The molecular weight excluding hydrogens is 296 g/mol. The average molecular weight is 320 g/mol. The number of aromatic nitrogens is 1. The van der Waals surface area contributed by atoms with Gasteiger partial charge in [-0.05, 0) is 18.7 Å². The molecule has 1 saturated heterocycles. The summed E-state index contributed by atoms with van der Waals surface area (Å²) >= 11 is 0. The van der Waals surface area contributed by atoms with Crippen LogP contribution in [0.1, 0.15) is 12.0 Å². The first-order valence-electron chi connectivity index (χ1n) is 7.66. The van der Waals surface area contributed by atoms with Gasteiger partial charge in [0.05, 0.1) is 12.6 Å². The Morgan fingerprint density at radius 3 is 2.87 bits per heavy atom. The van der Waals surface area contributed by atoms with E-state index in [4.69, 9.17) is 10.5 Å². The molecule has 0 unspecified atom stereocenters. The molecule has 2 atom stereocenters. The van der Waals surface area contributed by atoms with Gasteiger partial charge in [0.25, 0.3) is 0 Å². The summed E-state index contributed by atoms with van der Waals surface area (Å²) in [5.41, 5.74) is 6.33. The lowest BCUT2D eigenvalue weighted by molar-refractivity contribution is -0.131. The number of nitrogens with two attached hydrogens (primary N) is 1. The molecule has 7 heteroatoms. The van der Waals surface area contributed by atoms with Crippen molar-refractivity contribution in [3.05, 3.63) is 30.1 Å². The van der Waals surface area contributed by atoms with E-state index < -0.39 is 0 Å². The summed E-state index contributed by atoms with van der Waals surface area (Å²) in [6.07, 6.45) is 3.63. The van der Waals surface area contributed by atoms with E-state index in [9.17, 15) is 9.59 Å². The minimum absolute atomic E-state index is 0.0231. The summed E-state index contributed by atoms with van der Waals surface area (Å²) in [7, 11) is 3.50. The van der Waals surface area contributed by atoms with Crippen molar-refractivity contribution in [2.45, 2.75) is 19.1 Å². The molecule has 0 aromatic carbocycles. The Hall–Kier alpha value is -1.99. The fraction of sp³-hybridized carbons (Fsp3) is 0.562. The Morgan fingerprint density at radius 2 is 2.26 bits per heavy atom. The maximum Gasteiger partial charge on any atom is 0.236 e. The largest absolute Gasteiger partial charge is 0.379 e. The van der Waals surface area contributed by atoms with Crippen molar-refractivity contribution in [3.63, 3.8) is 0 Å². The number of methoxy groups -OCH3 is 1. The monoisotopic (exact) mass is 320 g/mol. The first-order valence-corrected chi connectivity index (χ1v) is 7.66. The molecule has 1 aromatic rings. The number of ether oxygens (including phenoxy) is 1. The van der Waals surface area contributed by atoms with Crippen LogP contribution in [0.4, 0.5) is 0 Å². The number of hydrogen-bond donors (Lipinski definition) is 1. The van der Waals surface area contributed by atoms with Gasteiger partial charge in [-0.2, -0.15) is 0 Å². The fourth-order valence-electron chi connectivity index (χ4n) is 2.96. The number of rotatable bonds is 7. The molecule has 2 rings (SSSR count). The molecular formula is C16H24N4O3. The molecule has 1 aromatic heterocycles. The summed E-state index contributed by atoms with van der Waals surface area (Å²) in [6.45, 7) is 2.00. The van der Waals surface area contributed by atoms with Crippen LogP contribution in [0, 0.1) is 5.92 Å². The molecule has 1 fully saturated rings. The average Bonchev–Trinajstić information content (AvgIpc) is 2.90. The summed E-state index contributed by atoms with van der Waals surface area (Å²) in [6, 6.07) is 3.86. The minimum Gasteiger partial charge on any atom is -0.379 e. The molecule has 1 aliphatic rings. The quantitative estimate of drug-likeness (QED) is 0.755. The number of hydrogen-bond acceptors (Lipinski definition) is 5. The molecule has 0 spiro atoms. The molecule has 0 saturated carbocycles. The normalized spacial score (nSPS) is 20.9. The number of primary amides is 1. The van der Waals surface area contributed by atoms with E-state index in [0.29, 0.717) is 26.2 Å². The Labute approximate surface area is 136 Å². The van der Waals surface area contributed by atoms with Crippen molar-refractivity contribution in [1.82, 2.24) is 14.8 Å². The van der Waals surface area contributed by atoms with E-state index in [1.54, 1.807) is 24.4 Å². The topological polar surface area (TPSA) is 88.8 Å². The van der Waals surface area contributed by atoms with Gasteiger partial charge in [-0.1, -0.05) is 6.07 Å². The number of carbonyl (C=O) groups is 2. The van der Waals surface area contributed by atoms with Crippen molar-refractivity contribution in [2.75, 3.05) is 33.8 Å². The van der Waals surface area contributed by atoms with Crippen LogP contribution in [0.25, 0.3) is 0 Å². The second kappa shape index (κ2) is 8.03. The van der Waals surface area contributed by atoms with E-state index in [1.807, 2.05) is 24.1 Å². The Kier molecular flexibility index (Phi) is 6.06. The van der Waals surface area contributed by atoms with Crippen LogP contribution < -0.4 is 5.73 Å². The first-order chi connectivity index (χ1) is 11.0. The van der Waals surface area contributed by atoms with Crippen LogP contribution >= 0.6 is 0 Å². The van der Waals surface area contributed by atoms with E-state index >= 15 is 0 Å². The molecule has 7 nitrogen and oxygen atoms in total. The molecule has 2 N–H and O–H groups in total. The Bertz CT molecular complexity index is 537. The lowest BCUT2D eigenvalue weighted by Crippen LogP contribution is -2.38. The third kappa shape index (κ3) is 5.01. The first kappa shape index (κ1) is 17.4. The lowest BCUT2D eigenvalue weighted by atomic mass is 10.0. The number of likely N-dealkylation sites (N-methyl/N-ethyl adjacent to an activating group) is 1. The van der Waals surface area contributed by atoms with Gasteiger partial charge >= 0.3 is 0 Å².